The molecule has 2 N–H and O–H groups in total. The van der Waals surface area contributed by atoms with E-state index in [1.54, 1.807) is 24.3 Å². The number of nitrogens with zero attached hydrogens (tertiary/aromatic N) is 2. The Morgan fingerprint density at radius 1 is 1.32 bits per heavy atom. The molecule has 28 heavy (non-hydrogen) atoms. The second kappa shape index (κ2) is 9.16. The van der Waals surface area contributed by atoms with E-state index in [-0.39, 0.29) is 31.0 Å². The number of rotatable bonds is 7. The first-order valence-corrected chi connectivity index (χ1v) is 9.72. The number of amides is 4. The van der Waals surface area contributed by atoms with E-state index in [1.165, 1.54) is 0 Å². The summed E-state index contributed by atoms with van der Waals surface area (Å²) in [6.45, 7) is 8.27. The van der Waals surface area contributed by atoms with E-state index in [0.29, 0.717) is 30.2 Å². The first-order valence-electron chi connectivity index (χ1n) is 9.72. The Labute approximate surface area is 165 Å². The van der Waals surface area contributed by atoms with E-state index in [2.05, 4.69) is 29.4 Å². The molecule has 0 aliphatic carbocycles. The summed E-state index contributed by atoms with van der Waals surface area (Å²) in [4.78, 5) is 39.8. The van der Waals surface area contributed by atoms with Gasteiger partial charge >= 0.3 is 6.03 Å². The number of urea groups is 1. The van der Waals surface area contributed by atoms with Crippen molar-refractivity contribution in [2.24, 2.45) is 5.92 Å². The molecule has 2 heterocycles. The van der Waals surface area contributed by atoms with Gasteiger partial charge in [0.15, 0.2) is 0 Å². The fourth-order valence-corrected chi connectivity index (χ4v) is 3.55. The number of benzene rings is 1. The van der Waals surface area contributed by atoms with E-state index >= 15 is 0 Å². The summed E-state index contributed by atoms with van der Waals surface area (Å²) in [7, 11) is 0. The number of imide groups is 1. The highest BCUT2D eigenvalue weighted by Crippen LogP contribution is 2.14. The molecule has 1 atom stereocenters. The molecule has 0 spiro atoms. The van der Waals surface area contributed by atoms with Crippen LogP contribution >= 0.6 is 0 Å². The average Bonchev–Trinajstić information content (AvgIpc) is 2.98. The van der Waals surface area contributed by atoms with Gasteiger partial charge in [-0.05, 0) is 17.5 Å². The third kappa shape index (κ3) is 5.08. The Morgan fingerprint density at radius 3 is 2.82 bits per heavy atom. The molecule has 4 amide bonds. The highest BCUT2D eigenvalue weighted by atomic mass is 16.5. The Bertz CT molecular complexity index is 721. The van der Waals surface area contributed by atoms with Crippen molar-refractivity contribution in [2.45, 2.75) is 26.5 Å². The van der Waals surface area contributed by atoms with Crippen LogP contribution in [0.15, 0.2) is 24.3 Å². The quantitative estimate of drug-likeness (QED) is 0.675. The molecule has 152 valence electrons. The van der Waals surface area contributed by atoms with Crippen molar-refractivity contribution in [3.8, 4) is 0 Å². The Hall–Kier alpha value is -2.45. The van der Waals surface area contributed by atoms with Crippen molar-refractivity contribution < 1.29 is 19.1 Å². The average molecular weight is 388 g/mol. The maximum Gasteiger partial charge on any atom is 0.324 e. The van der Waals surface area contributed by atoms with E-state index in [0.717, 1.165) is 24.5 Å². The lowest BCUT2D eigenvalue weighted by Crippen LogP contribution is -2.48. The second-order valence-electron chi connectivity index (χ2n) is 7.65. The van der Waals surface area contributed by atoms with Crippen molar-refractivity contribution in [1.29, 1.82) is 0 Å². The number of carbonyl (C=O) groups is 3. The minimum absolute atomic E-state index is 0.000900. The number of ether oxygens (including phenoxy) is 1. The van der Waals surface area contributed by atoms with Gasteiger partial charge in [-0.15, -0.1) is 0 Å². The SMILES string of the molecule is CC(C)CN1CCO[C@H](CNC(=O)c2ccccc2CN2C(=O)CNC2=O)C1. The van der Waals surface area contributed by atoms with Gasteiger partial charge in [0.1, 0.15) is 0 Å². The van der Waals surface area contributed by atoms with Crippen LogP contribution in [0.4, 0.5) is 4.79 Å². The first kappa shape index (κ1) is 20.3. The van der Waals surface area contributed by atoms with E-state index in [9.17, 15) is 14.4 Å². The van der Waals surface area contributed by atoms with Crippen molar-refractivity contribution in [1.82, 2.24) is 20.4 Å². The maximum atomic E-state index is 12.7. The number of morpholine rings is 1. The number of hydrogen-bond donors (Lipinski definition) is 2. The minimum Gasteiger partial charge on any atom is -0.374 e. The van der Waals surface area contributed by atoms with Gasteiger partial charge in [0, 0.05) is 31.7 Å². The molecule has 0 unspecified atom stereocenters. The predicted octanol–water partition coefficient (Wildman–Crippen LogP) is 0.825. The largest absolute Gasteiger partial charge is 0.374 e. The molecule has 8 nitrogen and oxygen atoms in total. The standard InChI is InChI=1S/C20H28N4O4/c1-14(2)11-23-7-8-28-16(13-23)9-21-19(26)17-6-4-3-5-15(17)12-24-18(25)10-22-20(24)27/h3-6,14,16H,7-13H2,1-2H3,(H,21,26)(H,22,27)/t16-/m1/s1. The lowest BCUT2D eigenvalue weighted by atomic mass is 10.1. The van der Waals surface area contributed by atoms with Gasteiger partial charge in [-0.2, -0.15) is 0 Å². The summed E-state index contributed by atoms with van der Waals surface area (Å²) < 4.78 is 5.78. The molecule has 3 rings (SSSR count). The summed E-state index contributed by atoms with van der Waals surface area (Å²) in [5.74, 6) is 0.0685. The summed E-state index contributed by atoms with van der Waals surface area (Å²) in [5.41, 5.74) is 1.10. The summed E-state index contributed by atoms with van der Waals surface area (Å²) in [6.07, 6.45) is -0.0467. The molecule has 0 aromatic heterocycles. The van der Waals surface area contributed by atoms with Crippen molar-refractivity contribution >= 4 is 17.8 Å². The fraction of sp³-hybridized carbons (Fsp3) is 0.550. The zero-order chi connectivity index (χ0) is 20.1. The predicted molar refractivity (Wildman–Crippen MR) is 104 cm³/mol. The molecule has 2 saturated heterocycles. The monoisotopic (exact) mass is 388 g/mol. The highest BCUT2D eigenvalue weighted by Gasteiger charge is 2.29. The Kier molecular flexibility index (Phi) is 6.64. The number of carbonyl (C=O) groups excluding carboxylic acids is 3. The molecule has 1 aromatic carbocycles. The van der Waals surface area contributed by atoms with Crippen molar-refractivity contribution in [3.05, 3.63) is 35.4 Å². The van der Waals surface area contributed by atoms with Gasteiger partial charge < -0.3 is 15.4 Å². The lowest BCUT2D eigenvalue weighted by Gasteiger charge is -2.34. The van der Waals surface area contributed by atoms with Crippen molar-refractivity contribution in [3.63, 3.8) is 0 Å². The van der Waals surface area contributed by atoms with Crippen LogP contribution in [0.3, 0.4) is 0 Å². The van der Waals surface area contributed by atoms with Gasteiger partial charge in [-0.3, -0.25) is 19.4 Å². The Morgan fingerprint density at radius 2 is 2.11 bits per heavy atom. The zero-order valence-electron chi connectivity index (χ0n) is 16.4. The summed E-state index contributed by atoms with van der Waals surface area (Å²) in [6, 6.07) is 6.59. The first-order chi connectivity index (χ1) is 13.4. The molecule has 0 saturated carbocycles. The van der Waals surface area contributed by atoms with Gasteiger partial charge in [-0.25, -0.2) is 4.79 Å². The van der Waals surface area contributed by atoms with Crippen LogP contribution in [0.5, 0.6) is 0 Å². The molecule has 0 bridgehead atoms. The second-order valence-corrected chi connectivity index (χ2v) is 7.65. The van der Waals surface area contributed by atoms with Crippen LogP contribution < -0.4 is 10.6 Å². The normalized spacial score (nSPS) is 20.5. The van der Waals surface area contributed by atoms with Gasteiger partial charge in [0.05, 0.1) is 25.8 Å². The third-order valence-electron chi connectivity index (χ3n) is 4.86. The van der Waals surface area contributed by atoms with E-state index in [1.807, 2.05) is 0 Å². The summed E-state index contributed by atoms with van der Waals surface area (Å²) >= 11 is 0. The molecule has 2 aliphatic heterocycles. The van der Waals surface area contributed by atoms with Crippen LogP contribution in [0.1, 0.15) is 29.8 Å². The van der Waals surface area contributed by atoms with Crippen LogP contribution in [0, 0.1) is 5.92 Å². The van der Waals surface area contributed by atoms with E-state index in [4.69, 9.17) is 4.74 Å². The number of hydrogen-bond acceptors (Lipinski definition) is 5. The van der Waals surface area contributed by atoms with Gasteiger partial charge in [0.25, 0.3) is 5.91 Å². The molecular weight excluding hydrogens is 360 g/mol. The van der Waals surface area contributed by atoms with Crippen LogP contribution in [0.2, 0.25) is 0 Å². The third-order valence-corrected chi connectivity index (χ3v) is 4.86. The molecule has 2 fully saturated rings. The molecule has 0 radical (unpaired) electrons. The molecule has 1 aromatic rings. The van der Waals surface area contributed by atoms with Crippen LogP contribution in [0.25, 0.3) is 0 Å². The summed E-state index contributed by atoms with van der Waals surface area (Å²) in [5, 5.41) is 5.43. The smallest absolute Gasteiger partial charge is 0.324 e. The Balaban J connectivity index is 1.59. The van der Waals surface area contributed by atoms with Crippen LogP contribution in [-0.4, -0.2) is 73.1 Å². The zero-order valence-corrected chi connectivity index (χ0v) is 16.4. The highest BCUT2D eigenvalue weighted by molar-refractivity contribution is 6.02. The molecular formula is C20H28N4O4. The molecule has 8 heteroatoms. The molecule has 2 aliphatic rings. The van der Waals surface area contributed by atoms with Crippen LogP contribution in [-0.2, 0) is 16.1 Å². The lowest BCUT2D eigenvalue weighted by molar-refractivity contribution is -0.125. The maximum absolute atomic E-state index is 12.7. The topological polar surface area (TPSA) is 91.0 Å². The van der Waals surface area contributed by atoms with Gasteiger partial charge in [0.2, 0.25) is 5.91 Å². The van der Waals surface area contributed by atoms with Crippen molar-refractivity contribution in [2.75, 3.05) is 39.3 Å². The minimum atomic E-state index is -0.430. The number of nitrogens with one attached hydrogen (secondary N) is 2. The fourth-order valence-electron chi connectivity index (χ4n) is 3.55. The van der Waals surface area contributed by atoms with Gasteiger partial charge in [-0.1, -0.05) is 32.0 Å². The van der Waals surface area contributed by atoms with E-state index < -0.39 is 6.03 Å².